The van der Waals surface area contributed by atoms with Crippen LogP contribution < -0.4 is 0 Å². The van der Waals surface area contributed by atoms with Crippen LogP contribution in [0.3, 0.4) is 0 Å². The Morgan fingerprint density at radius 1 is 0.458 bits per heavy atom. The van der Waals surface area contributed by atoms with E-state index < -0.39 is 0 Å². The van der Waals surface area contributed by atoms with E-state index in [1.165, 1.54) is 11.1 Å². The second kappa shape index (κ2) is 6.47. The number of hydrogen-bond donors (Lipinski definition) is 0. The highest BCUT2D eigenvalue weighted by Gasteiger charge is 2.08. The lowest BCUT2D eigenvalue weighted by molar-refractivity contribution is 1.31. The summed E-state index contributed by atoms with van der Waals surface area (Å²) in [5.41, 5.74) is 7.02. The zero-order chi connectivity index (χ0) is 16.2. The van der Waals surface area contributed by atoms with Crippen molar-refractivity contribution in [1.82, 2.24) is 9.97 Å². The van der Waals surface area contributed by atoms with Crippen LogP contribution in [0.2, 0.25) is 0 Å². The minimum atomic E-state index is 1.13. The zero-order valence-electron chi connectivity index (χ0n) is 13.1. The number of rotatable bonds is 3. The first-order valence-corrected chi connectivity index (χ1v) is 7.92. The Kier molecular flexibility index (Phi) is 3.86. The first kappa shape index (κ1) is 14.3. The van der Waals surface area contributed by atoms with Crippen molar-refractivity contribution < 1.29 is 0 Å². The molecule has 0 aliphatic carbocycles. The number of pyridine rings is 2. The van der Waals surface area contributed by atoms with Crippen LogP contribution in [-0.2, 0) is 0 Å². The molecular weight excluding hydrogens is 292 g/mol. The molecular formula is C22H16N2. The fraction of sp³-hybridized carbons (Fsp3) is 0. The van der Waals surface area contributed by atoms with E-state index in [-0.39, 0.29) is 0 Å². The van der Waals surface area contributed by atoms with Crippen molar-refractivity contribution in [3.8, 4) is 33.4 Å². The fourth-order valence-corrected chi connectivity index (χ4v) is 2.90. The second-order valence-electron chi connectivity index (χ2n) is 5.60. The average molecular weight is 308 g/mol. The van der Waals surface area contributed by atoms with Gasteiger partial charge in [0.05, 0.1) is 0 Å². The van der Waals surface area contributed by atoms with Gasteiger partial charge in [-0.15, -0.1) is 0 Å². The van der Waals surface area contributed by atoms with Gasteiger partial charge in [0, 0.05) is 30.4 Å². The van der Waals surface area contributed by atoms with Crippen molar-refractivity contribution in [3.05, 3.63) is 97.6 Å². The van der Waals surface area contributed by atoms with Gasteiger partial charge in [0.15, 0.2) is 0 Å². The molecule has 2 nitrogen and oxygen atoms in total. The Bertz CT molecular complexity index is 948. The van der Waals surface area contributed by atoms with Crippen LogP contribution in [-0.4, -0.2) is 9.97 Å². The van der Waals surface area contributed by atoms with Crippen molar-refractivity contribution in [2.24, 2.45) is 0 Å². The molecule has 4 aromatic rings. The van der Waals surface area contributed by atoms with Crippen LogP contribution >= 0.6 is 0 Å². The van der Waals surface area contributed by atoms with Crippen LogP contribution in [0.1, 0.15) is 0 Å². The largest absolute Gasteiger partial charge is 0.265 e. The van der Waals surface area contributed by atoms with E-state index in [1.807, 2.05) is 43.0 Å². The molecule has 0 N–H and O–H groups in total. The highest BCUT2D eigenvalue weighted by Crippen LogP contribution is 2.33. The molecule has 0 unspecified atom stereocenters. The van der Waals surface area contributed by atoms with Crippen molar-refractivity contribution in [2.45, 2.75) is 0 Å². The summed E-state index contributed by atoms with van der Waals surface area (Å²) in [5, 5.41) is 0. The molecule has 114 valence electrons. The van der Waals surface area contributed by atoms with Gasteiger partial charge in [0.2, 0.25) is 0 Å². The van der Waals surface area contributed by atoms with Gasteiger partial charge in [-0.1, -0.05) is 48.5 Å². The molecule has 2 aromatic heterocycles. The first-order chi connectivity index (χ1) is 11.9. The zero-order valence-corrected chi connectivity index (χ0v) is 13.1. The Hall–Kier alpha value is -3.26. The van der Waals surface area contributed by atoms with Crippen molar-refractivity contribution in [3.63, 3.8) is 0 Å². The molecule has 2 heteroatoms. The molecule has 0 spiro atoms. The molecule has 0 bridgehead atoms. The minimum absolute atomic E-state index is 1.13. The molecule has 2 heterocycles. The molecule has 2 aromatic carbocycles. The second-order valence-corrected chi connectivity index (χ2v) is 5.60. The summed E-state index contributed by atoms with van der Waals surface area (Å²) < 4.78 is 0. The third-order valence-corrected chi connectivity index (χ3v) is 4.09. The van der Waals surface area contributed by atoms with Gasteiger partial charge in [-0.05, 0) is 52.1 Å². The number of hydrogen-bond acceptors (Lipinski definition) is 2. The third-order valence-electron chi connectivity index (χ3n) is 4.09. The quantitative estimate of drug-likeness (QED) is 0.501. The van der Waals surface area contributed by atoms with E-state index in [0.29, 0.717) is 0 Å². The van der Waals surface area contributed by atoms with Gasteiger partial charge in [-0.25, -0.2) is 0 Å². The lowest BCUT2D eigenvalue weighted by Crippen LogP contribution is -1.88. The van der Waals surface area contributed by atoms with Gasteiger partial charge in [0.25, 0.3) is 0 Å². The van der Waals surface area contributed by atoms with Gasteiger partial charge in [0.1, 0.15) is 0 Å². The topological polar surface area (TPSA) is 25.8 Å². The predicted octanol–water partition coefficient (Wildman–Crippen LogP) is 5.48. The lowest BCUT2D eigenvalue weighted by Gasteiger charge is -2.11. The first-order valence-electron chi connectivity index (χ1n) is 7.92. The van der Waals surface area contributed by atoms with E-state index in [0.717, 1.165) is 22.3 Å². The van der Waals surface area contributed by atoms with Gasteiger partial charge in [-0.3, -0.25) is 9.97 Å². The molecule has 0 atom stereocenters. The standard InChI is InChI=1S/C22H16N2/c1-2-5-17(6-3-1)19-7-4-8-20(15-19)22-16-24-14-11-21(22)18-9-12-23-13-10-18/h1-16H. The molecule has 4 rings (SSSR count). The van der Waals surface area contributed by atoms with Crippen LogP contribution in [0.15, 0.2) is 97.6 Å². The molecule has 0 fully saturated rings. The van der Waals surface area contributed by atoms with Crippen LogP contribution in [0.5, 0.6) is 0 Å². The maximum Gasteiger partial charge on any atom is 0.0352 e. The Morgan fingerprint density at radius 2 is 1.17 bits per heavy atom. The number of benzene rings is 2. The van der Waals surface area contributed by atoms with E-state index >= 15 is 0 Å². The number of aromatic nitrogens is 2. The Balaban J connectivity index is 1.84. The molecule has 0 saturated heterocycles. The third kappa shape index (κ3) is 2.82. The maximum atomic E-state index is 4.33. The molecule has 0 aliphatic rings. The van der Waals surface area contributed by atoms with Crippen molar-refractivity contribution in [2.75, 3.05) is 0 Å². The molecule has 24 heavy (non-hydrogen) atoms. The summed E-state index contributed by atoms with van der Waals surface area (Å²) >= 11 is 0. The predicted molar refractivity (Wildman–Crippen MR) is 98.3 cm³/mol. The summed E-state index contributed by atoms with van der Waals surface area (Å²) in [4.78, 5) is 8.45. The monoisotopic (exact) mass is 308 g/mol. The van der Waals surface area contributed by atoms with Gasteiger partial charge < -0.3 is 0 Å². The van der Waals surface area contributed by atoms with Crippen LogP contribution in [0.25, 0.3) is 33.4 Å². The molecule has 0 saturated carbocycles. The van der Waals surface area contributed by atoms with Crippen LogP contribution in [0, 0.1) is 0 Å². The lowest BCUT2D eigenvalue weighted by atomic mass is 9.94. The molecule has 0 radical (unpaired) electrons. The summed E-state index contributed by atoms with van der Waals surface area (Å²) in [6.45, 7) is 0. The minimum Gasteiger partial charge on any atom is -0.265 e. The van der Waals surface area contributed by atoms with Crippen molar-refractivity contribution >= 4 is 0 Å². The summed E-state index contributed by atoms with van der Waals surface area (Å²) in [7, 11) is 0. The SMILES string of the molecule is c1ccc(-c2cccc(-c3cnccc3-c3ccncc3)c2)cc1. The normalized spacial score (nSPS) is 10.5. The molecule has 0 amide bonds. The highest BCUT2D eigenvalue weighted by atomic mass is 14.6. The fourth-order valence-electron chi connectivity index (χ4n) is 2.90. The Labute approximate surface area is 141 Å². The van der Waals surface area contributed by atoms with E-state index in [9.17, 15) is 0 Å². The van der Waals surface area contributed by atoms with E-state index in [4.69, 9.17) is 0 Å². The molecule has 0 aliphatic heterocycles. The van der Waals surface area contributed by atoms with E-state index in [1.54, 1.807) is 0 Å². The Morgan fingerprint density at radius 3 is 2.00 bits per heavy atom. The highest BCUT2D eigenvalue weighted by molar-refractivity contribution is 5.84. The van der Waals surface area contributed by atoms with Gasteiger partial charge >= 0.3 is 0 Å². The van der Waals surface area contributed by atoms with Crippen molar-refractivity contribution in [1.29, 1.82) is 0 Å². The summed E-state index contributed by atoms with van der Waals surface area (Å²) in [6.07, 6.45) is 7.40. The maximum absolute atomic E-state index is 4.33. The number of nitrogens with zero attached hydrogens (tertiary/aromatic N) is 2. The van der Waals surface area contributed by atoms with Crippen LogP contribution in [0.4, 0.5) is 0 Å². The van der Waals surface area contributed by atoms with E-state index in [2.05, 4.69) is 64.6 Å². The summed E-state index contributed by atoms with van der Waals surface area (Å²) in [6, 6.07) is 25.1. The van der Waals surface area contributed by atoms with Gasteiger partial charge in [-0.2, -0.15) is 0 Å². The average Bonchev–Trinajstić information content (AvgIpc) is 2.69. The smallest absolute Gasteiger partial charge is 0.0352 e. The summed E-state index contributed by atoms with van der Waals surface area (Å²) in [5.74, 6) is 0.